The molecule has 0 atom stereocenters. The molecule has 0 bridgehead atoms. The Morgan fingerprint density at radius 1 is 1.23 bits per heavy atom. The molecule has 1 aromatic carbocycles. The number of ether oxygens (including phenoxy) is 1. The van der Waals surface area contributed by atoms with Crippen LogP contribution in [0.25, 0.3) is 0 Å². The quantitative estimate of drug-likeness (QED) is 0.311. The number of piperidine rings is 1. The van der Waals surface area contributed by atoms with Gasteiger partial charge < -0.3 is 19.9 Å². The molecular formula is C20H31IN4O. The number of benzene rings is 1. The van der Waals surface area contributed by atoms with Gasteiger partial charge in [0.2, 0.25) is 0 Å². The van der Waals surface area contributed by atoms with E-state index in [4.69, 9.17) is 4.74 Å². The lowest BCUT2D eigenvalue weighted by Crippen LogP contribution is -2.46. The molecule has 0 saturated carbocycles. The summed E-state index contributed by atoms with van der Waals surface area (Å²) in [7, 11) is 1.86. The van der Waals surface area contributed by atoms with E-state index in [1.54, 1.807) is 0 Å². The summed E-state index contributed by atoms with van der Waals surface area (Å²) in [6.45, 7) is 7.70. The highest BCUT2D eigenvalue weighted by Crippen LogP contribution is 2.19. The van der Waals surface area contributed by atoms with Crippen molar-refractivity contribution in [2.75, 3.05) is 44.7 Å². The molecule has 0 aliphatic carbocycles. The molecule has 2 aliphatic rings. The van der Waals surface area contributed by atoms with Crippen LogP contribution in [0.4, 0.5) is 5.69 Å². The van der Waals surface area contributed by atoms with Crippen molar-refractivity contribution < 1.29 is 4.74 Å². The SMILES string of the molecule is CCOC1CCN(C(=NC)NCc2cccc(N3CC=CC3)c2)CC1.I. The van der Waals surface area contributed by atoms with E-state index in [0.29, 0.717) is 6.10 Å². The average Bonchev–Trinajstić information content (AvgIpc) is 3.19. The minimum atomic E-state index is 0. The largest absolute Gasteiger partial charge is 0.378 e. The van der Waals surface area contributed by atoms with Crippen LogP contribution in [0.2, 0.25) is 0 Å². The summed E-state index contributed by atoms with van der Waals surface area (Å²) in [4.78, 5) is 9.18. The topological polar surface area (TPSA) is 40.1 Å². The molecule has 1 saturated heterocycles. The van der Waals surface area contributed by atoms with E-state index < -0.39 is 0 Å². The summed E-state index contributed by atoms with van der Waals surface area (Å²) in [6, 6.07) is 8.77. The number of hydrogen-bond donors (Lipinski definition) is 1. The standard InChI is InChI=1S/C20H30N4O.HI/c1-3-25-19-9-13-24(14-10-19)20(21-2)22-16-17-7-6-8-18(15-17)23-11-4-5-12-23;/h4-8,15,19H,3,9-14,16H2,1-2H3,(H,21,22);1H. The molecule has 0 unspecified atom stereocenters. The summed E-state index contributed by atoms with van der Waals surface area (Å²) >= 11 is 0. The van der Waals surface area contributed by atoms with Gasteiger partial charge in [-0.1, -0.05) is 24.3 Å². The van der Waals surface area contributed by atoms with Crippen LogP contribution >= 0.6 is 24.0 Å². The van der Waals surface area contributed by atoms with Gasteiger partial charge >= 0.3 is 0 Å². The third kappa shape index (κ3) is 5.61. The summed E-state index contributed by atoms with van der Waals surface area (Å²) in [5, 5.41) is 3.52. The number of rotatable bonds is 5. The Balaban J connectivity index is 0.00000243. The summed E-state index contributed by atoms with van der Waals surface area (Å²) < 4.78 is 5.74. The Bertz CT molecular complexity index is 604. The number of halogens is 1. The number of aliphatic imine (C=N–C) groups is 1. The molecule has 2 heterocycles. The second-order valence-corrected chi connectivity index (χ2v) is 6.59. The van der Waals surface area contributed by atoms with Gasteiger partial charge in [-0.15, -0.1) is 24.0 Å². The Labute approximate surface area is 174 Å². The second-order valence-electron chi connectivity index (χ2n) is 6.59. The summed E-state index contributed by atoms with van der Waals surface area (Å²) in [5.74, 6) is 0.989. The van der Waals surface area contributed by atoms with Gasteiger partial charge in [-0.05, 0) is 37.5 Å². The molecule has 0 amide bonds. The summed E-state index contributed by atoms with van der Waals surface area (Å²) in [5.41, 5.74) is 2.58. The predicted molar refractivity (Wildman–Crippen MR) is 120 cm³/mol. The van der Waals surface area contributed by atoms with Crippen molar-refractivity contribution in [2.24, 2.45) is 4.99 Å². The molecule has 0 spiro atoms. The molecule has 26 heavy (non-hydrogen) atoms. The van der Waals surface area contributed by atoms with Crippen molar-refractivity contribution in [2.45, 2.75) is 32.4 Å². The van der Waals surface area contributed by atoms with E-state index in [9.17, 15) is 0 Å². The van der Waals surface area contributed by atoms with Crippen molar-refractivity contribution in [3.63, 3.8) is 0 Å². The smallest absolute Gasteiger partial charge is 0.193 e. The fourth-order valence-electron chi connectivity index (χ4n) is 3.54. The van der Waals surface area contributed by atoms with Crippen molar-refractivity contribution in [3.05, 3.63) is 42.0 Å². The molecule has 0 aromatic heterocycles. The van der Waals surface area contributed by atoms with Gasteiger partial charge in [-0.25, -0.2) is 0 Å². The van der Waals surface area contributed by atoms with Crippen LogP contribution in [0.5, 0.6) is 0 Å². The third-order valence-electron chi connectivity index (χ3n) is 4.90. The van der Waals surface area contributed by atoms with Gasteiger partial charge in [0.15, 0.2) is 5.96 Å². The maximum atomic E-state index is 5.74. The first-order valence-corrected chi connectivity index (χ1v) is 9.36. The van der Waals surface area contributed by atoms with E-state index >= 15 is 0 Å². The van der Waals surface area contributed by atoms with Gasteiger partial charge in [0.1, 0.15) is 0 Å². The van der Waals surface area contributed by atoms with E-state index in [2.05, 4.69) is 63.5 Å². The van der Waals surface area contributed by atoms with Crippen molar-refractivity contribution >= 4 is 35.6 Å². The average molecular weight is 470 g/mol. The lowest BCUT2D eigenvalue weighted by molar-refractivity contribution is 0.0263. The van der Waals surface area contributed by atoms with Crippen molar-refractivity contribution in [1.29, 1.82) is 0 Å². The van der Waals surface area contributed by atoms with Crippen molar-refractivity contribution in [3.8, 4) is 0 Å². The number of anilines is 1. The molecule has 1 aromatic rings. The predicted octanol–water partition coefficient (Wildman–Crippen LogP) is 3.26. The van der Waals surface area contributed by atoms with Gasteiger partial charge in [0.05, 0.1) is 6.10 Å². The molecule has 5 nitrogen and oxygen atoms in total. The lowest BCUT2D eigenvalue weighted by Gasteiger charge is -2.34. The van der Waals surface area contributed by atoms with Gasteiger partial charge in [0.25, 0.3) is 0 Å². The third-order valence-corrected chi connectivity index (χ3v) is 4.90. The van der Waals surface area contributed by atoms with E-state index in [-0.39, 0.29) is 24.0 Å². The molecular weight excluding hydrogens is 439 g/mol. The highest BCUT2D eigenvalue weighted by molar-refractivity contribution is 14.0. The van der Waals surface area contributed by atoms with Crippen LogP contribution in [0.3, 0.4) is 0 Å². The molecule has 144 valence electrons. The number of nitrogens with zero attached hydrogens (tertiary/aromatic N) is 3. The fraction of sp³-hybridized carbons (Fsp3) is 0.550. The first-order chi connectivity index (χ1) is 12.3. The second kappa shape index (κ2) is 10.8. The van der Waals surface area contributed by atoms with Crippen LogP contribution in [-0.2, 0) is 11.3 Å². The number of guanidine groups is 1. The van der Waals surface area contributed by atoms with Crippen LogP contribution < -0.4 is 10.2 Å². The van der Waals surface area contributed by atoms with Crippen LogP contribution in [-0.4, -0.2) is 56.8 Å². The zero-order chi connectivity index (χ0) is 17.5. The molecule has 1 fully saturated rings. The molecule has 0 radical (unpaired) electrons. The zero-order valence-corrected chi connectivity index (χ0v) is 18.2. The maximum Gasteiger partial charge on any atom is 0.193 e. The fourth-order valence-corrected chi connectivity index (χ4v) is 3.54. The molecule has 2 aliphatic heterocycles. The van der Waals surface area contributed by atoms with Gasteiger partial charge in [0, 0.05) is 52.1 Å². The zero-order valence-electron chi connectivity index (χ0n) is 15.9. The molecule has 1 N–H and O–H groups in total. The maximum absolute atomic E-state index is 5.74. The van der Waals surface area contributed by atoms with E-state index in [1.807, 2.05) is 7.05 Å². The molecule has 3 rings (SSSR count). The first kappa shape index (κ1) is 21.0. The molecule has 6 heteroatoms. The van der Waals surface area contributed by atoms with Crippen LogP contribution in [0.1, 0.15) is 25.3 Å². The Hall–Kier alpha value is -1.28. The minimum Gasteiger partial charge on any atom is -0.378 e. The minimum absolute atomic E-state index is 0. The van der Waals surface area contributed by atoms with Crippen molar-refractivity contribution in [1.82, 2.24) is 10.2 Å². The van der Waals surface area contributed by atoms with Crippen LogP contribution in [0, 0.1) is 0 Å². The Morgan fingerprint density at radius 3 is 2.62 bits per heavy atom. The highest BCUT2D eigenvalue weighted by atomic mass is 127. The van der Waals surface area contributed by atoms with Gasteiger partial charge in [-0.3, -0.25) is 4.99 Å². The Morgan fingerprint density at radius 2 is 1.96 bits per heavy atom. The summed E-state index contributed by atoms with van der Waals surface area (Å²) in [6.07, 6.45) is 7.00. The van der Waals surface area contributed by atoms with E-state index in [1.165, 1.54) is 11.3 Å². The Kier molecular flexibility index (Phi) is 8.71. The lowest BCUT2D eigenvalue weighted by atomic mass is 10.1. The number of nitrogens with one attached hydrogen (secondary N) is 1. The van der Waals surface area contributed by atoms with Crippen LogP contribution in [0.15, 0.2) is 41.4 Å². The highest BCUT2D eigenvalue weighted by Gasteiger charge is 2.21. The normalized spacial score (nSPS) is 18.2. The number of hydrogen-bond acceptors (Lipinski definition) is 3. The van der Waals surface area contributed by atoms with Gasteiger partial charge in [-0.2, -0.15) is 0 Å². The monoisotopic (exact) mass is 470 g/mol. The van der Waals surface area contributed by atoms with E-state index in [0.717, 1.165) is 58.1 Å². The number of likely N-dealkylation sites (tertiary alicyclic amines) is 1. The first-order valence-electron chi connectivity index (χ1n) is 9.36.